The normalized spacial score (nSPS) is 11.4. The molecule has 2 aromatic heterocycles. The predicted molar refractivity (Wildman–Crippen MR) is 240 cm³/mol. The molecule has 330 valence electrons. The molecular weight excluding hydrogens is 906 g/mol. The number of aromatic nitrogens is 2. The molecule has 6 aromatic rings. The van der Waals surface area contributed by atoms with E-state index in [1.807, 2.05) is 107 Å². The van der Waals surface area contributed by atoms with Gasteiger partial charge in [0.2, 0.25) is 0 Å². The van der Waals surface area contributed by atoms with Crippen LogP contribution in [0.5, 0.6) is 11.5 Å². The van der Waals surface area contributed by atoms with E-state index < -0.39 is 6.09 Å². The van der Waals surface area contributed by atoms with Gasteiger partial charge in [-0.3, -0.25) is 15.0 Å². The first kappa shape index (κ1) is 55.4. The van der Waals surface area contributed by atoms with Gasteiger partial charge in [-0.15, -0.1) is 11.6 Å². The maximum absolute atomic E-state index is 11.8. The standard InChI is InChI=1S/C23H24ClN3O3.C23H23N3O3.CH2O3.2K.H/c1-4-27-21-13-18(30-15(2)3)9-10-19(21)20(14-25)22(27)16-5-7-17(8-6-16)26-23(28)29-12-11-24;1-4-25-21-13-18(29-15(2)3)9-10-19(21)20(14-24)22(25)16-5-7-17(8-6-16)26-11-12-28-23(26)27;2-1-4-3;;;/h5-10,13,15H,4,11-12H2,1-3H3,(H,26,28);5-10,13,15H,4,11-12H2,1-3H3;1,3H;;;/q;;;2*+1;-1/p-1. The van der Waals surface area contributed by atoms with Crippen LogP contribution in [0.2, 0.25) is 0 Å². The van der Waals surface area contributed by atoms with Crippen LogP contribution in [0.15, 0.2) is 84.9 Å². The van der Waals surface area contributed by atoms with Crippen LogP contribution in [0.25, 0.3) is 44.3 Å². The number of amides is 2. The van der Waals surface area contributed by atoms with Gasteiger partial charge in [0.25, 0.3) is 6.47 Å². The minimum absolute atomic E-state index is 0. The number of nitrogens with zero attached hydrogens (tertiary/aromatic N) is 5. The Morgan fingerprint density at radius 1 is 0.831 bits per heavy atom. The molecule has 1 N–H and O–H groups in total. The molecule has 0 saturated carbocycles. The average molecular weight is 956 g/mol. The van der Waals surface area contributed by atoms with Gasteiger partial charge in [-0.25, -0.2) is 9.59 Å². The summed E-state index contributed by atoms with van der Waals surface area (Å²) in [5, 5.41) is 32.7. The Kier molecular flexibility index (Phi) is 23.0. The first-order chi connectivity index (χ1) is 30.4. The van der Waals surface area contributed by atoms with Crippen LogP contribution < -0.4 is 128 Å². The summed E-state index contributed by atoms with van der Waals surface area (Å²) in [6.07, 6.45) is -0.729. The molecule has 4 aromatic carbocycles. The minimum atomic E-state index is -0.554. The summed E-state index contributed by atoms with van der Waals surface area (Å²) < 4.78 is 25.9. The first-order valence-electron chi connectivity index (χ1n) is 20.3. The van der Waals surface area contributed by atoms with Gasteiger partial charge in [0.05, 0.1) is 58.2 Å². The topological polar surface area (TPSA) is 193 Å². The zero-order valence-electron chi connectivity index (χ0n) is 38.8. The van der Waals surface area contributed by atoms with Crippen molar-refractivity contribution in [2.75, 3.05) is 35.9 Å². The van der Waals surface area contributed by atoms with E-state index in [1.54, 1.807) is 17.0 Å². The minimum Gasteiger partial charge on any atom is -1.00 e. The monoisotopic (exact) mass is 954 g/mol. The zero-order chi connectivity index (χ0) is 45.6. The third-order valence-electron chi connectivity index (χ3n) is 9.64. The predicted octanol–water partition coefficient (Wildman–Crippen LogP) is 3.27. The van der Waals surface area contributed by atoms with Crippen molar-refractivity contribution in [3.8, 4) is 46.2 Å². The zero-order valence-corrected chi connectivity index (χ0v) is 44.8. The maximum Gasteiger partial charge on any atom is 1.00 e. The molecule has 0 bridgehead atoms. The molecule has 1 saturated heterocycles. The van der Waals surface area contributed by atoms with Crippen molar-refractivity contribution in [2.45, 2.75) is 66.8 Å². The molecule has 0 unspecified atom stereocenters. The Balaban J connectivity index is 0.000000402. The van der Waals surface area contributed by atoms with E-state index in [1.165, 1.54) is 0 Å². The fourth-order valence-electron chi connectivity index (χ4n) is 7.26. The Morgan fingerprint density at radius 3 is 1.66 bits per heavy atom. The number of aryl methyl sites for hydroxylation is 2. The van der Waals surface area contributed by atoms with E-state index in [0.717, 1.165) is 68.1 Å². The van der Waals surface area contributed by atoms with Crippen molar-refractivity contribution in [3.05, 3.63) is 96.1 Å². The third-order valence-corrected chi connectivity index (χ3v) is 9.79. The second-order valence-electron chi connectivity index (χ2n) is 14.4. The van der Waals surface area contributed by atoms with Crippen LogP contribution in [0, 0.1) is 22.7 Å². The number of hydrogen-bond donors (Lipinski definition) is 1. The smallest absolute Gasteiger partial charge is 1.00 e. The number of nitriles is 2. The molecular formula is C47H49ClK2N6O9. The van der Waals surface area contributed by atoms with Crippen molar-refractivity contribution in [3.63, 3.8) is 0 Å². The number of carbonyl (C=O) groups is 3. The van der Waals surface area contributed by atoms with Crippen LogP contribution in [-0.4, -0.2) is 65.6 Å². The number of hydrogen-bond acceptors (Lipinski definition) is 11. The number of carbonyl (C=O) groups excluding carboxylic acids is 3. The summed E-state index contributed by atoms with van der Waals surface area (Å²) in [5.41, 5.74) is 8.12. The van der Waals surface area contributed by atoms with E-state index in [0.29, 0.717) is 36.5 Å². The van der Waals surface area contributed by atoms with E-state index in [9.17, 15) is 20.1 Å². The number of nitrogens with one attached hydrogen (secondary N) is 1. The van der Waals surface area contributed by atoms with E-state index in [4.69, 9.17) is 40.6 Å². The summed E-state index contributed by atoms with van der Waals surface area (Å²) in [5.74, 6) is 1.81. The Labute approximate surface area is 469 Å². The number of benzene rings is 4. The van der Waals surface area contributed by atoms with Crippen LogP contribution in [-0.2, 0) is 32.2 Å². The summed E-state index contributed by atoms with van der Waals surface area (Å²) >= 11 is 5.52. The fraction of sp³-hybridized carbons (Fsp3) is 0.298. The van der Waals surface area contributed by atoms with Gasteiger partial charge in [0.15, 0.2) is 0 Å². The largest absolute Gasteiger partial charge is 1.00 e. The maximum atomic E-state index is 11.8. The average Bonchev–Trinajstić information content (AvgIpc) is 3.96. The van der Waals surface area contributed by atoms with Gasteiger partial charge in [-0.05, 0) is 101 Å². The molecule has 1 aliphatic heterocycles. The number of cyclic esters (lactones) is 1. The van der Waals surface area contributed by atoms with Crippen molar-refractivity contribution in [2.24, 2.45) is 0 Å². The van der Waals surface area contributed by atoms with Gasteiger partial charge in [-0.1, -0.05) is 24.3 Å². The van der Waals surface area contributed by atoms with E-state index >= 15 is 0 Å². The quantitative estimate of drug-likeness (QED) is 0.0588. The second kappa shape index (κ2) is 27.0. The molecule has 0 aliphatic carbocycles. The van der Waals surface area contributed by atoms with E-state index in [2.05, 4.69) is 38.4 Å². The fourth-order valence-corrected chi connectivity index (χ4v) is 7.33. The molecule has 1 aliphatic rings. The molecule has 65 heavy (non-hydrogen) atoms. The summed E-state index contributed by atoms with van der Waals surface area (Å²) in [4.78, 5) is 36.4. The molecule has 15 nitrogen and oxygen atoms in total. The molecule has 1 fully saturated rings. The molecule has 0 radical (unpaired) electrons. The van der Waals surface area contributed by atoms with Crippen LogP contribution in [0.1, 0.15) is 54.1 Å². The SMILES string of the molecule is CCn1c(-c2ccc(N3CCOC3=O)cc2)c(C#N)c2ccc(OC(C)C)cc21.CCn1c(-c2ccc(NC(=O)OCCCl)cc2)c(C#N)c2ccc(OC(C)C)cc21.O=CO[O-].[H-].[K+].[K+]. The van der Waals surface area contributed by atoms with Crippen LogP contribution >= 0.6 is 11.6 Å². The molecule has 3 heterocycles. The van der Waals surface area contributed by atoms with Gasteiger partial charge in [-0.2, -0.15) is 10.5 Å². The van der Waals surface area contributed by atoms with Crippen molar-refractivity contribution in [1.82, 2.24) is 9.13 Å². The number of alkyl halides is 1. The summed E-state index contributed by atoms with van der Waals surface area (Å²) in [6.45, 7) is 14.4. The Hall–Kier alpha value is -3.93. The molecule has 0 spiro atoms. The van der Waals surface area contributed by atoms with Gasteiger partial charge < -0.3 is 39.7 Å². The third kappa shape index (κ3) is 13.8. The Bertz CT molecular complexity index is 2640. The van der Waals surface area contributed by atoms with E-state index in [-0.39, 0.29) is 141 Å². The summed E-state index contributed by atoms with van der Waals surface area (Å²) in [7, 11) is 0. The molecule has 0 atom stereocenters. The Morgan fingerprint density at radius 2 is 1.29 bits per heavy atom. The van der Waals surface area contributed by atoms with Crippen molar-refractivity contribution in [1.29, 1.82) is 10.5 Å². The number of halogens is 1. The van der Waals surface area contributed by atoms with Crippen LogP contribution in [0.4, 0.5) is 21.0 Å². The number of anilines is 2. The second-order valence-corrected chi connectivity index (χ2v) is 14.8. The van der Waals surface area contributed by atoms with Gasteiger partial charge in [0, 0.05) is 47.4 Å². The first-order valence-corrected chi connectivity index (χ1v) is 20.8. The van der Waals surface area contributed by atoms with Crippen molar-refractivity contribution >= 4 is 63.4 Å². The van der Waals surface area contributed by atoms with Crippen LogP contribution in [0.3, 0.4) is 0 Å². The number of fused-ring (bicyclic) bond motifs is 2. The number of ether oxygens (including phenoxy) is 4. The summed E-state index contributed by atoms with van der Waals surface area (Å²) in [6, 6.07) is 31.4. The molecule has 7 rings (SSSR count). The van der Waals surface area contributed by atoms with Gasteiger partial charge in [0.1, 0.15) is 36.9 Å². The molecule has 18 heteroatoms. The van der Waals surface area contributed by atoms with Crippen molar-refractivity contribution < 1.29 is 148 Å². The molecule has 2 amide bonds. The van der Waals surface area contributed by atoms with Gasteiger partial charge >= 0.3 is 115 Å². The number of rotatable bonds is 13.